The Hall–Kier alpha value is -1.35. The highest BCUT2D eigenvalue weighted by atomic mass is 35.5. The summed E-state index contributed by atoms with van der Waals surface area (Å²) in [5, 5.41) is 8.28. The molecule has 0 radical (unpaired) electrons. The molecule has 1 N–H and O–H groups in total. The fraction of sp³-hybridized carbons (Fsp3) is 0.273. The third kappa shape index (κ3) is 1.88. The van der Waals surface area contributed by atoms with Gasteiger partial charge in [-0.05, 0) is 23.6 Å². The smallest absolute Gasteiger partial charge is 0.323 e. The van der Waals surface area contributed by atoms with E-state index in [-0.39, 0.29) is 6.42 Å². The third-order valence-electron chi connectivity index (χ3n) is 2.50. The van der Waals surface area contributed by atoms with E-state index in [2.05, 4.69) is 0 Å². The number of carbonyl (C=O) groups excluding carboxylic acids is 1. The Labute approximate surface area is 92.7 Å². The number of aliphatic carboxylic acids is 1. The van der Waals surface area contributed by atoms with Crippen LogP contribution in [-0.4, -0.2) is 16.3 Å². The van der Waals surface area contributed by atoms with Gasteiger partial charge in [-0.15, -0.1) is 0 Å². The van der Waals surface area contributed by atoms with Crippen molar-refractivity contribution < 1.29 is 14.7 Å². The van der Waals surface area contributed by atoms with E-state index in [0.717, 1.165) is 0 Å². The van der Waals surface area contributed by atoms with Crippen molar-refractivity contribution >= 4 is 22.8 Å². The van der Waals surface area contributed by atoms with Gasteiger partial charge >= 0.3 is 5.97 Å². The first kappa shape index (κ1) is 11.7. The minimum absolute atomic E-state index is 0.134. The van der Waals surface area contributed by atoms with E-state index in [9.17, 15) is 9.59 Å². The van der Waals surface area contributed by atoms with Crippen molar-refractivity contribution in [1.29, 1.82) is 0 Å². The van der Waals surface area contributed by atoms with Crippen LogP contribution in [0.25, 0.3) is 0 Å². The Morgan fingerprint density at radius 3 is 2.20 bits per heavy atom. The fourth-order valence-corrected chi connectivity index (χ4v) is 1.86. The molecule has 0 spiro atoms. The highest BCUT2D eigenvalue weighted by Gasteiger charge is 2.45. The molecule has 0 fully saturated rings. The quantitative estimate of drug-likeness (QED) is 0.633. The largest absolute Gasteiger partial charge is 0.480 e. The van der Waals surface area contributed by atoms with Crippen molar-refractivity contribution in [2.45, 2.75) is 18.8 Å². The second-order valence-corrected chi connectivity index (χ2v) is 3.55. The predicted octanol–water partition coefficient (Wildman–Crippen LogP) is 2.18. The average Bonchev–Trinajstić information content (AvgIpc) is 2.20. The van der Waals surface area contributed by atoms with E-state index in [0.29, 0.717) is 5.56 Å². The molecular formula is C11H11ClO3. The molecule has 1 rings (SSSR count). The third-order valence-corrected chi connectivity index (χ3v) is 2.82. The number of carboxylic acid groups (broad SMARTS) is 1. The van der Waals surface area contributed by atoms with E-state index in [1.165, 1.54) is 0 Å². The van der Waals surface area contributed by atoms with E-state index in [1.807, 2.05) is 0 Å². The molecule has 0 heterocycles. The van der Waals surface area contributed by atoms with Crippen LogP contribution in [0, 0.1) is 0 Å². The van der Waals surface area contributed by atoms with Crippen molar-refractivity contribution in [2.75, 3.05) is 0 Å². The monoisotopic (exact) mass is 226 g/mol. The number of hydrogen-bond acceptors (Lipinski definition) is 2. The first-order valence-electron chi connectivity index (χ1n) is 4.54. The topological polar surface area (TPSA) is 54.4 Å². The van der Waals surface area contributed by atoms with Crippen molar-refractivity contribution in [3.63, 3.8) is 0 Å². The summed E-state index contributed by atoms with van der Waals surface area (Å²) in [6.07, 6.45) is 0.134. The molecule has 15 heavy (non-hydrogen) atoms. The highest BCUT2D eigenvalue weighted by molar-refractivity contribution is 6.67. The van der Waals surface area contributed by atoms with E-state index >= 15 is 0 Å². The second kappa shape index (κ2) is 4.45. The van der Waals surface area contributed by atoms with Crippen LogP contribution in [0.4, 0.5) is 0 Å². The van der Waals surface area contributed by atoms with Crippen molar-refractivity contribution in [2.24, 2.45) is 0 Å². The molecule has 80 valence electrons. The summed E-state index contributed by atoms with van der Waals surface area (Å²) in [5.41, 5.74) is -1.21. The summed E-state index contributed by atoms with van der Waals surface area (Å²) in [5.74, 6) is -1.21. The van der Waals surface area contributed by atoms with E-state index in [1.54, 1.807) is 37.3 Å². The molecule has 3 nitrogen and oxygen atoms in total. The molecule has 1 unspecified atom stereocenters. The lowest BCUT2D eigenvalue weighted by Crippen LogP contribution is -2.40. The van der Waals surface area contributed by atoms with Gasteiger partial charge in [-0.3, -0.25) is 9.59 Å². The van der Waals surface area contributed by atoms with Gasteiger partial charge in [-0.1, -0.05) is 37.3 Å². The van der Waals surface area contributed by atoms with E-state index in [4.69, 9.17) is 16.7 Å². The standard InChI is InChI=1S/C11H11ClO3/c1-2-11(9(12)13,10(14)15)8-6-4-3-5-7-8/h3-7H,2H2,1H3,(H,14,15). The molecule has 0 saturated carbocycles. The lowest BCUT2D eigenvalue weighted by atomic mass is 9.79. The lowest BCUT2D eigenvalue weighted by molar-refractivity contribution is -0.147. The zero-order valence-electron chi connectivity index (χ0n) is 8.24. The van der Waals surface area contributed by atoms with Gasteiger partial charge in [0.1, 0.15) is 0 Å². The second-order valence-electron chi connectivity index (χ2n) is 3.20. The van der Waals surface area contributed by atoms with Gasteiger partial charge in [0, 0.05) is 0 Å². The van der Waals surface area contributed by atoms with Crippen LogP contribution in [0.3, 0.4) is 0 Å². The highest BCUT2D eigenvalue weighted by Crippen LogP contribution is 2.30. The molecule has 0 aliphatic rings. The molecule has 0 saturated heterocycles. The van der Waals surface area contributed by atoms with Crippen molar-refractivity contribution in [1.82, 2.24) is 0 Å². The number of rotatable bonds is 4. The van der Waals surface area contributed by atoms with Gasteiger partial charge in [-0.2, -0.15) is 0 Å². The van der Waals surface area contributed by atoms with Crippen LogP contribution in [0.15, 0.2) is 30.3 Å². The minimum Gasteiger partial charge on any atom is -0.480 e. The molecule has 1 atom stereocenters. The zero-order valence-corrected chi connectivity index (χ0v) is 8.99. The summed E-state index contributed by atoms with van der Waals surface area (Å²) < 4.78 is 0. The number of carbonyl (C=O) groups is 2. The Morgan fingerprint density at radius 2 is 1.87 bits per heavy atom. The van der Waals surface area contributed by atoms with E-state index < -0.39 is 16.6 Å². The van der Waals surface area contributed by atoms with Crippen LogP contribution in [0.5, 0.6) is 0 Å². The van der Waals surface area contributed by atoms with Gasteiger partial charge in [0.25, 0.3) is 0 Å². The van der Waals surface area contributed by atoms with Crippen molar-refractivity contribution in [3.8, 4) is 0 Å². The maximum atomic E-state index is 11.3. The van der Waals surface area contributed by atoms with Gasteiger partial charge in [0.05, 0.1) is 0 Å². The summed E-state index contributed by atoms with van der Waals surface area (Å²) in [7, 11) is 0. The number of hydrogen-bond donors (Lipinski definition) is 1. The maximum absolute atomic E-state index is 11.3. The minimum atomic E-state index is -1.62. The van der Waals surface area contributed by atoms with Crippen LogP contribution in [0.1, 0.15) is 18.9 Å². The van der Waals surface area contributed by atoms with Gasteiger partial charge in [0.2, 0.25) is 5.24 Å². The molecule has 1 aromatic carbocycles. The molecule has 1 aromatic rings. The molecular weight excluding hydrogens is 216 g/mol. The van der Waals surface area contributed by atoms with Gasteiger partial charge < -0.3 is 5.11 Å². The SMILES string of the molecule is CCC(C(=O)O)(C(=O)Cl)c1ccccc1. The summed E-state index contributed by atoms with van der Waals surface area (Å²) >= 11 is 5.41. The zero-order chi connectivity index (χ0) is 11.5. The van der Waals surface area contributed by atoms with Crippen molar-refractivity contribution in [3.05, 3.63) is 35.9 Å². The van der Waals surface area contributed by atoms with Gasteiger partial charge in [0.15, 0.2) is 5.41 Å². The molecule has 0 amide bonds. The summed E-state index contributed by atoms with van der Waals surface area (Å²) in [6, 6.07) is 8.31. The number of benzene rings is 1. The average molecular weight is 227 g/mol. The maximum Gasteiger partial charge on any atom is 0.323 e. The Kier molecular flexibility index (Phi) is 3.48. The van der Waals surface area contributed by atoms with Crippen LogP contribution in [-0.2, 0) is 15.0 Å². The van der Waals surface area contributed by atoms with Crippen LogP contribution in [0.2, 0.25) is 0 Å². The summed E-state index contributed by atoms with van der Waals surface area (Å²) in [6.45, 7) is 1.63. The normalized spacial score (nSPS) is 14.3. The van der Waals surface area contributed by atoms with Gasteiger partial charge in [-0.25, -0.2) is 0 Å². The fourth-order valence-electron chi connectivity index (χ4n) is 1.54. The summed E-state index contributed by atoms with van der Waals surface area (Å²) in [4.78, 5) is 22.5. The Morgan fingerprint density at radius 1 is 1.33 bits per heavy atom. The Balaban J connectivity index is 3.35. The lowest BCUT2D eigenvalue weighted by Gasteiger charge is -2.23. The Bertz CT molecular complexity index is 359. The molecule has 0 bridgehead atoms. The van der Waals surface area contributed by atoms with Crippen LogP contribution >= 0.6 is 11.6 Å². The molecule has 4 heteroatoms. The predicted molar refractivity (Wildman–Crippen MR) is 56.9 cm³/mol. The molecule has 0 aromatic heterocycles. The first-order chi connectivity index (χ1) is 7.05. The number of halogens is 1. The molecule has 0 aliphatic heterocycles. The van der Waals surface area contributed by atoms with Crippen LogP contribution < -0.4 is 0 Å². The first-order valence-corrected chi connectivity index (χ1v) is 4.92. The molecule has 0 aliphatic carbocycles. The number of carboxylic acids is 1.